The van der Waals surface area contributed by atoms with Crippen molar-refractivity contribution in [3.8, 4) is 11.1 Å². The van der Waals surface area contributed by atoms with Gasteiger partial charge in [-0.05, 0) is 40.2 Å². The topological polar surface area (TPSA) is 0 Å². The van der Waals surface area contributed by atoms with Crippen molar-refractivity contribution in [1.82, 2.24) is 0 Å². The van der Waals surface area contributed by atoms with Crippen LogP contribution >= 0.6 is 0 Å². The maximum Gasteiger partial charge on any atom is 0.419 e. The first-order valence-corrected chi connectivity index (χ1v) is 7.47. The lowest BCUT2D eigenvalue weighted by Crippen LogP contribution is -2.15. The van der Waals surface area contributed by atoms with Crippen molar-refractivity contribution >= 4 is 0 Å². The lowest BCUT2D eigenvalue weighted by Gasteiger charge is -2.27. The summed E-state index contributed by atoms with van der Waals surface area (Å²) in [6, 6.07) is 10.5. The largest absolute Gasteiger partial charge is 0.419 e. The second kappa shape index (κ2) is 5.99. The Balaban J connectivity index is 2.37. The van der Waals surface area contributed by atoms with Gasteiger partial charge in [-0.3, -0.25) is 0 Å². The Morgan fingerprint density at radius 1 is 0.826 bits per heavy atom. The molecule has 0 radical (unpaired) electrons. The van der Waals surface area contributed by atoms with Gasteiger partial charge in [-0.15, -0.1) is 0 Å². The van der Waals surface area contributed by atoms with Gasteiger partial charge < -0.3 is 0 Å². The van der Waals surface area contributed by atoms with Gasteiger partial charge in [-0.2, -0.15) is 13.2 Å². The number of alkyl halides is 3. The van der Waals surface area contributed by atoms with Gasteiger partial charge in [0.2, 0.25) is 0 Å². The number of hydrogen-bond acceptors (Lipinski definition) is 0. The maximum absolute atomic E-state index is 13.4. The highest BCUT2D eigenvalue weighted by atomic mass is 19.4. The Labute approximate surface area is 134 Å². The van der Waals surface area contributed by atoms with Gasteiger partial charge in [0.15, 0.2) is 0 Å². The molecule has 0 aromatic heterocycles. The van der Waals surface area contributed by atoms with E-state index in [0.29, 0.717) is 17.0 Å². The first-order valence-electron chi connectivity index (χ1n) is 7.47. The molecule has 0 nitrogen and oxygen atoms in total. The fourth-order valence-electron chi connectivity index (χ4n) is 2.39. The second-order valence-electron chi connectivity index (χ2n) is 6.90. The Hall–Kier alpha value is -1.84. The fourth-order valence-corrected chi connectivity index (χ4v) is 2.39. The zero-order valence-corrected chi connectivity index (χ0v) is 13.6. The molecule has 0 saturated heterocycles. The van der Waals surface area contributed by atoms with Crippen molar-refractivity contribution in [3.63, 3.8) is 0 Å². The van der Waals surface area contributed by atoms with Crippen LogP contribution in [0.1, 0.15) is 44.7 Å². The summed E-state index contributed by atoms with van der Waals surface area (Å²) in [6.07, 6.45) is -4.69. The minimum atomic E-state index is -4.69. The van der Waals surface area contributed by atoms with Gasteiger partial charge in [0.05, 0.1) is 5.56 Å². The van der Waals surface area contributed by atoms with Gasteiger partial charge in [-0.25, -0.2) is 4.39 Å². The van der Waals surface area contributed by atoms with Crippen molar-refractivity contribution in [1.29, 1.82) is 0 Å². The third kappa shape index (κ3) is 3.92. The molecule has 1 atom stereocenters. The summed E-state index contributed by atoms with van der Waals surface area (Å²) in [7, 11) is 0. The molecule has 0 aliphatic rings. The van der Waals surface area contributed by atoms with E-state index in [-0.39, 0.29) is 5.41 Å². The molecule has 0 saturated carbocycles. The predicted octanol–water partition coefficient (Wildman–Crippen LogP) is 6.66. The SMILES string of the molecule is C[C@@H](c1ccc(-c2ccc(F)c(C(F)(F)F)c2)cc1)C(C)(C)C. The molecule has 0 unspecified atom stereocenters. The van der Waals surface area contributed by atoms with E-state index in [2.05, 4.69) is 27.7 Å². The molecule has 0 fully saturated rings. The Morgan fingerprint density at radius 2 is 1.35 bits per heavy atom. The third-order valence-electron chi connectivity index (χ3n) is 4.31. The fraction of sp³-hybridized carbons (Fsp3) is 0.368. The molecule has 124 valence electrons. The minimum absolute atomic E-state index is 0.0981. The molecule has 0 amide bonds. The molecule has 2 aromatic carbocycles. The average Bonchev–Trinajstić information content (AvgIpc) is 2.45. The summed E-state index contributed by atoms with van der Waals surface area (Å²) in [4.78, 5) is 0. The molecular weight excluding hydrogens is 304 g/mol. The van der Waals surface area contributed by atoms with E-state index in [1.165, 1.54) is 6.07 Å². The molecular formula is C19H20F4. The van der Waals surface area contributed by atoms with Gasteiger partial charge in [0.1, 0.15) is 5.82 Å². The lowest BCUT2D eigenvalue weighted by molar-refractivity contribution is -0.139. The van der Waals surface area contributed by atoms with Crippen molar-refractivity contribution in [2.75, 3.05) is 0 Å². The van der Waals surface area contributed by atoms with Crippen LogP contribution in [0, 0.1) is 11.2 Å². The van der Waals surface area contributed by atoms with Crippen LogP contribution in [0.15, 0.2) is 42.5 Å². The zero-order valence-electron chi connectivity index (χ0n) is 13.6. The van der Waals surface area contributed by atoms with Crippen LogP contribution in [-0.4, -0.2) is 0 Å². The second-order valence-corrected chi connectivity index (χ2v) is 6.90. The molecule has 4 heteroatoms. The Morgan fingerprint density at radius 3 is 1.83 bits per heavy atom. The Kier molecular flexibility index (Phi) is 4.56. The van der Waals surface area contributed by atoms with E-state index in [1.54, 1.807) is 12.1 Å². The minimum Gasteiger partial charge on any atom is -0.206 e. The number of halogens is 4. The molecule has 0 heterocycles. The molecule has 0 aliphatic heterocycles. The summed E-state index contributed by atoms with van der Waals surface area (Å²) >= 11 is 0. The molecule has 0 N–H and O–H groups in total. The molecule has 0 aliphatic carbocycles. The highest BCUT2D eigenvalue weighted by molar-refractivity contribution is 5.65. The molecule has 2 rings (SSSR count). The lowest BCUT2D eigenvalue weighted by atomic mass is 9.77. The predicted molar refractivity (Wildman–Crippen MR) is 84.7 cm³/mol. The highest BCUT2D eigenvalue weighted by Gasteiger charge is 2.34. The standard InChI is InChI=1S/C19H20F4/c1-12(18(2,3)4)13-5-7-14(8-6-13)15-9-10-17(20)16(11-15)19(21,22)23/h5-12H,1-4H3/t12-/m0/s1. The summed E-state index contributed by atoms with van der Waals surface area (Å²) in [5.41, 5.74) is 0.983. The van der Waals surface area contributed by atoms with Crippen LogP contribution in [0.5, 0.6) is 0 Å². The summed E-state index contributed by atoms with van der Waals surface area (Å²) in [5.74, 6) is -0.935. The van der Waals surface area contributed by atoms with Crippen molar-refractivity contribution in [2.45, 2.75) is 39.8 Å². The smallest absolute Gasteiger partial charge is 0.206 e. The first-order chi connectivity index (χ1) is 10.5. The zero-order chi connectivity index (χ0) is 17.4. The summed E-state index contributed by atoms with van der Waals surface area (Å²) < 4.78 is 51.8. The van der Waals surface area contributed by atoms with Gasteiger partial charge in [0, 0.05) is 0 Å². The van der Waals surface area contributed by atoms with E-state index in [0.717, 1.165) is 17.7 Å². The van der Waals surface area contributed by atoms with Crippen LogP contribution in [-0.2, 0) is 6.18 Å². The average molecular weight is 324 g/mol. The number of benzene rings is 2. The van der Waals surface area contributed by atoms with E-state index in [4.69, 9.17) is 0 Å². The van der Waals surface area contributed by atoms with Crippen LogP contribution in [0.25, 0.3) is 11.1 Å². The maximum atomic E-state index is 13.4. The van der Waals surface area contributed by atoms with Crippen LogP contribution in [0.2, 0.25) is 0 Å². The van der Waals surface area contributed by atoms with Gasteiger partial charge in [-0.1, -0.05) is 58.0 Å². The normalized spacial score (nSPS) is 13.9. The van der Waals surface area contributed by atoms with E-state index in [1.807, 2.05) is 12.1 Å². The van der Waals surface area contributed by atoms with Gasteiger partial charge >= 0.3 is 6.18 Å². The van der Waals surface area contributed by atoms with Crippen LogP contribution < -0.4 is 0 Å². The van der Waals surface area contributed by atoms with E-state index in [9.17, 15) is 17.6 Å². The molecule has 0 bridgehead atoms. The molecule has 0 spiro atoms. The van der Waals surface area contributed by atoms with Gasteiger partial charge in [0.25, 0.3) is 0 Å². The first kappa shape index (κ1) is 17.5. The number of rotatable bonds is 2. The quantitative estimate of drug-likeness (QED) is 0.542. The molecule has 23 heavy (non-hydrogen) atoms. The third-order valence-corrected chi connectivity index (χ3v) is 4.31. The summed E-state index contributed by atoms with van der Waals surface area (Å²) in [5, 5.41) is 0. The van der Waals surface area contributed by atoms with E-state index >= 15 is 0 Å². The monoisotopic (exact) mass is 324 g/mol. The summed E-state index contributed by atoms with van der Waals surface area (Å²) in [6.45, 7) is 8.54. The van der Waals surface area contributed by atoms with Crippen LogP contribution in [0.3, 0.4) is 0 Å². The number of hydrogen-bond donors (Lipinski definition) is 0. The molecule has 2 aromatic rings. The highest BCUT2D eigenvalue weighted by Crippen LogP contribution is 2.37. The van der Waals surface area contributed by atoms with E-state index < -0.39 is 17.6 Å². The van der Waals surface area contributed by atoms with Crippen molar-refractivity contribution in [3.05, 3.63) is 59.4 Å². The van der Waals surface area contributed by atoms with Crippen molar-refractivity contribution in [2.24, 2.45) is 5.41 Å². The Bertz CT molecular complexity index is 676. The van der Waals surface area contributed by atoms with Crippen molar-refractivity contribution < 1.29 is 17.6 Å². The van der Waals surface area contributed by atoms with Crippen LogP contribution in [0.4, 0.5) is 17.6 Å².